The lowest BCUT2D eigenvalue weighted by Gasteiger charge is -2.16. The average Bonchev–Trinajstić information content (AvgIpc) is 2.68. The van der Waals surface area contributed by atoms with Crippen molar-refractivity contribution < 1.29 is 27.9 Å². The van der Waals surface area contributed by atoms with Crippen LogP contribution in [-0.2, 0) is 17.9 Å². The summed E-state index contributed by atoms with van der Waals surface area (Å²) in [6.45, 7) is -0.359. The fourth-order valence-electron chi connectivity index (χ4n) is 1.85. The minimum atomic E-state index is -4.91. The standard InChI is InChI=1S/C11H8F3NO3/c12-11(13,14)10(18)15-4-7-2-1-6(9(16)17)3-8(7)5-15/h1-3H,4-5H2,(H,16,17). The molecule has 0 spiro atoms. The highest BCUT2D eigenvalue weighted by molar-refractivity contribution is 5.88. The van der Waals surface area contributed by atoms with Crippen LogP contribution in [0.15, 0.2) is 18.2 Å². The van der Waals surface area contributed by atoms with Gasteiger partial charge >= 0.3 is 18.1 Å². The van der Waals surface area contributed by atoms with Crippen LogP contribution in [0.4, 0.5) is 13.2 Å². The fourth-order valence-corrected chi connectivity index (χ4v) is 1.85. The summed E-state index contributed by atoms with van der Waals surface area (Å²) in [4.78, 5) is 22.4. The monoisotopic (exact) mass is 259 g/mol. The predicted molar refractivity (Wildman–Crippen MR) is 53.7 cm³/mol. The number of carboxylic acids is 1. The van der Waals surface area contributed by atoms with Gasteiger partial charge in [-0.1, -0.05) is 6.07 Å². The summed E-state index contributed by atoms with van der Waals surface area (Å²) in [7, 11) is 0. The molecule has 0 saturated heterocycles. The molecule has 1 aliphatic rings. The minimum Gasteiger partial charge on any atom is -0.478 e. The summed E-state index contributed by atoms with van der Waals surface area (Å²) < 4.78 is 36.7. The van der Waals surface area contributed by atoms with Crippen molar-refractivity contribution in [2.24, 2.45) is 0 Å². The van der Waals surface area contributed by atoms with E-state index in [0.717, 1.165) is 0 Å². The number of carboxylic acid groups (broad SMARTS) is 1. The summed E-state index contributed by atoms with van der Waals surface area (Å²) in [6, 6.07) is 4.03. The first-order chi connectivity index (χ1) is 8.29. The Hall–Kier alpha value is -2.05. The van der Waals surface area contributed by atoms with Crippen LogP contribution in [0.3, 0.4) is 0 Å². The Labute approximate surface area is 99.6 Å². The molecule has 1 N–H and O–H groups in total. The molecule has 7 heteroatoms. The van der Waals surface area contributed by atoms with Gasteiger partial charge in [0.2, 0.25) is 0 Å². The maximum Gasteiger partial charge on any atom is 0.471 e. The first kappa shape index (κ1) is 12.4. The first-order valence-corrected chi connectivity index (χ1v) is 5.00. The van der Waals surface area contributed by atoms with E-state index in [1.54, 1.807) is 0 Å². The maximum atomic E-state index is 12.2. The Morgan fingerprint density at radius 2 is 1.78 bits per heavy atom. The third kappa shape index (κ3) is 2.15. The van der Waals surface area contributed by atoms with Gasteiger partial charge in [-0.2, -0.15) is 13.2 Å². The zero-order valence-corrected chi connectivity index (χ0v) is 8.99. The van der Waals surface area contributed by atoms with Crippen molar-refractivity contribution in [3.63, 3.8) is 0 Å². The normalized spacial score (nSPS) is 14.5. The molecule has 0 saturated carbocycles. The van der Waals surface area contributed by atoms with Crippen LogP contribution in [0.25, 0.3) is 0 Å². The van der Waals surface area contributed by atoms with Crippen molar-refractivity contribution in [3.05, 3.63) is 34.9 Å². The molecule has 1 amide bonds. The molecule has 4 nitrogen and oxygen atoms in total. The Morgan fingerprint density at radius 3 is 2.33 bits per heavy atom. The molecule has 0 unspecified atom stereocenters. The summed E-state index contributed by atoms with van der Waals surface area (Å²) in [6.07, 6.45) is -4.91. The average molecular weight is 259 g/mol. The van der Waals surface area contributed by atoms with E-state index in [-0.39, 0.29) is 18.7 Å². The lowest BCUT2D eigenvalue weighted by Crippen LogP contribution is -2.37. The molecule has 2 rings (SSSR count). The van der Waals surface area contributed by atoms with Gasteiger partial charge in [-0.15, -0.1) is 0 Å². The summed E-state index contributed by atoms with van der Waals surface area (Å²) in [5.41, 5.74) is 0.972. The zero-order chi connectivity index (χ0) is 13.5. The number of hydrogen-bond donors (Lipinski definition) is 1. The molecule has 0 aliphatic carbocycles. The van der Waals surface area contributed by atoms with Gasteiger partial charge in [0.05, 0.1) is 5.56 Å². The fraction of sp³-hybridized carbons (Fsp3) is 0.273. The third-order valence-electron chi connectivity index (χ3n) is 2.71. The number of alkyl halides is 3. The van der Waals surface area contributed by atoms with Crippen molar-refractivity contribution in [2.75, 3.05) is 0 Å². The van der Waals surface area contributed by atoms with E-state index in [4.69, 9.17) is 5.11 Å². The Morgan fingerprint density at radius 1 is 1.17 bits per heavy atom. The molecule has 1 aromatic carbocycles. The Kier molecular flexibility index (Phi) is 2.76. The molecular formula is C11H8F3NO3. The molecule has 1 aromatic rings. The summed E-state index contributed by atoms with van der Waals surface area (Å²) in [5, 5.41) is 8.76. The summed E-state index contributed by atoms with van der Waals surface area (Å²) >= 11 is 0. The number of fused-ring (bicyclic) bond motifs is 1. The van der Waals surface area contributed by atoms with Crippen LogP contribution in [0, 0.1) is 0 Å². The van der Waals surface area contributed by atoms with Gasteiger partial charge in [-0.25, -0.2) is 4.79 Å². The van der Waals surface area contributed by atoms with Gasteiger partial charge in [0.1, 0.15) is 0 Å². The van der Waals surface area contributed by atoms with Crippen LogP contribution in [-0.4, -0.2) is 28.1 Å². The van der Waals surface area contributed by atoms with Gasteiger partial charge in [0.15, 0.2) is 0 Å². The van der Waals surface area contributed by atoms with E-state index >= 15 is 0 Å². The van der Waals surface area contributed by atoms with E-state index in [0.29, 0.717) is 16.0 Å². The highest BCUT2D eigenvalue weighted by atomic mass is 19.4. The van der Waals surface area contributed by atoms with Gasteiger partial charge in [-0.05, 0) is 23.3 Å². The first-order valence-electron chi connectivity index (χ1n) is 5.00. The third-order valence-corrected chi connectivity index (χ3v) is 2.71. The molecule has 0 atom stereocenters. The highest BCUT2D eigenvalue weighted by Crippen LogP contribution is 2.28. The second kappa shape index (κ2) is 4.01. The Bertz CT molecular complexity index is 525. The number of hydrogen-bond acceptors (Lipinski definition) is 2. The number of aromatic carboxylic acids is 1. The number of carbonyl (C=O) groups is 2. The number of halogens is 3. The van der Waals surface area contributed by atoms with Gasteiger partial charge < -0.3 is 10.0 Å². The van der Waals surface area contributed by atoms with Crippen LogP contribution in [0.1, 0.15) is 21.5 Å². The highest BCUT2D eigenvalue weighted by Gasteiger charge is 2.44. The number of carbonyl (C=O) groups excluding carboxylic acids is 1. The smallest absolute Gasteiger partial charge is 0.471 e. The van der Waals surface area contributed by atoms with E-state index in [2.05, 4.69) is 0 Å². The Balaban J connectivity index is 2.23. The second-order valence-corrected chi connectivity index (χ2v) is 3.95. The molecule has 96 valence electrons. The molecule has 0 fully saturated rings. The van der Waals surface area contributed by atoms with Crippen LogP contribution in [0.2, 0.25) is 0 Å². The maximum absolute atomic E-state index is 12.2. The van der Waals surface area contributed by atoms with E-state index in [1.807, 2.05) is 0 Å². The SMILES string of the molecule is O=C(O)c1ccc2c(c1)CN(C(=O)C(F)(F)F)C2. The second-order valence-electron chi connectivity index (χ2n) is 3.95. The summed E-state index contributed by atoms with van der Waals surface area (Å²) in [5.74, 6) is -3.06. The number of rotatable bonds is 1. The predicted octanol–water partition coefficient (Wildman–Crippen LogP) is 1.79. The lowest BCUT2D eigenvalue weighted by molar-refractivity contribution is -0.186. The molecular weight excluding hydrogens is 251 g/mol. The van der Waals surface area contributed by atoms with E-state index in [1.165, 1.54) is 18.2 Å². The number of benzene rings is 1. The topological polar surface area (TPSA) is 57.6 Å². The van der Waals surface area contributed by atoms with E-state index < -0.39 is 18.1 Å². The molecule has 1 aliphatic heterocycles. The minimum absolute atomic E-state index is 0.00458. The van der Waals surface area contributed by atoms with Crippen LogP contribution in [0.5, 0.6) is 0 Å². The van der Waals surface area contributed by atoms with Crippen LogP contribution >= 0.6 is 0 Å². The van der Waals surface area contributed by atoms with Crippen molar-refractivity contribution >= 4 is 11.9 Å². The quantitative estimate of drug-likeness (QED) is 0.836. The van der Waals surface area contributed by atoms with E-state index in [9.17, 15) is 22.8 Å². The molecule has 1 heterocycles. The van der Waals surface area contributed by atoms with Gasteiger partial charge in [0, 0.05) is 13.1 Å². The van der Waals surface area contributed by atoms with Crippen molar-refractivity contribution in [3.8, 4) is 0 Å². The lowest BCUT2D eigenvalue weighted by atomic mass is 10.1. The number of amides is 1. The van der Waals surface area contributed by atoms with Crippen molar-refractivity contribution in [1.82, 2.24) is 4.90 Å². The largest absolute Gasteiger partial charge is 0.478 e. The molecule has 0 aromatic heterocycles. The van der Waals surface area contributed by atoms with Gasteiger partial charge in [-0.3, -0.25) is 4.79 Å². The van der Waals surface area contributed by atoms with Crippen LogP contribution < -0.4 is 0 Å². The number of nitrogens with zero attached hydrogens (tertiary/aromatic N) is 1. The van der Waals surface area contributed by atoms with Gasteiger partial charge in [0.25, 0.3) is 0 Å². The zero-order valence-electron chi connectivity index (χ0n) is 8.99. The van der Waals surface area contributed by atoms with Crippen molar-refractivity contribution in [2.45, 2.75) is 19.3 Å². The van der Waals surface area contributed by atoms with Crippen molar-refractivity contribution in [1.29, 1.82) is 0 Å². The molecule has 18 heavy (non-hydrogen) atoms. The molecule has 0 bridgehead atoms. The molecule has 0 radical (unpaired) electrons.